The van der Waals surface area contributed by atoms with Crippen molar-refractivity contribution in [1.82, 2.24) is 9.88 Å². The molecule has 100 valence electrons. The number of nitrogens with one attached hydrogen (secondary N) is 1. The zero-order chi connectivity index (χ0) is 13.7. The van der Waals surface area contributed by atoms with Gasteiger partial charge in [0, 0.05) is 12.1 Å². The number of ketones is 1. The number of Topliss-reactive ketones (excluding diaryl/α,β-unsaturated/α-hetero) is 1. The number of hydrogen-bond donors (Lipinski definition) is 1. The van der Waals surface area contributed by atoms with Gasteiger partial charge < -0.3 is 4.98 Å². The molecule has 0 aliphatic heterocycles. The molecule has 0 fully saturated rings. The summed E-state index contributed by atoms with van der Waals surface area (Å²) in [6.45, 7) is 7.19. The highest BCUT2D eigenvalue weighted by Gasteiger charge is 2.18. The fourth-order valence-corrected chi connectivity index (χ4v) is 1.76. The lowest BCUT2D eigenvalue weighted by molar-refractivity contribution is -0.384. The molecule has 6 nitrogen and oxygen atoms in total. The van der Waals surface area contributed by atoms with Gasteiger partial charge in [-0.15, -0.1) is 0 Å². The third-order valence-corrected chi connectivity index (χ3v) is 3.15. The first-order valence-electron chi connectivity index (χ1n) is 6.09. The van der Waals surface area contributed by atoms with E-state index >= 15 is 0 Å². The van der Waals surface area contributed by atoms with Crippen LogP contribution in [0, 0.1) is 10.1 Å². The molecule has 1 unspecified atom stereocenters. The molecular formula is C12H19N3O3. The van der Waals surface area contributed by atoms with Gasteiger partial charge in [-0.25, -0.2) is 0 Å². The minimum absolute atomic E-state index is 0.0788. The molecule has 0 radical (unpaired) electrons. The van der Waals surface area contributed by atoms with Crippen LogP contribution in [0.2, 0.25) is 0 Å². The molecule has 0 spiro atoms. The molecule has 0 saturated heterocycles. The van der Waals surface area contributed by atoms with Gasteiger partial charge in [0.15, 0.2) is 5.78 Å². The average molecular weight is 253 g/mol. The topological polar surface area (TPSA) is 79.2 Å². The quantitative estimate of drug-likeness (QED) is 0.459. The number of nitrogens with zero attached hydrogens (tertiary/aromatic N) is 2. The van der Waals surface area contributed by atoms with Crippen LogP contribution in [0.15, 0.2) is 12.3 Å². The molecule has 0 amide bonds. The Morgan fingerprint density at radius 1 is 1.56 bits per heavy atom. The van der Waals surface area contributed by atoms with Crippen molar-refractivity contribution >= 4 is 11.5 Å². The average Bonchev–Trinajstić information content (AvgIpc) is 2.84. The predicted octanol–water partition coefficient (Wildman–Crippen LogP) is 2.23. The number of rotatable bonds is 7. The maximum Gasteiger partial charge on any atom is 0.287 e. The number of nitro groups is 1. The summed E-state index contributed by atoms with van der Waals surface area (Å²) >= 11 is 0. The zero-order valence-electron chi connectivity index (χ0n) is 11.0. The first-order chi connectivity index (χ1) is 8.49. The Morgan fingerprint density at radius 2 is 2.22 bits per heavy atom. The molecule has 0 aliphatic carbocycles. The molecule has 0 saturated carbocycles. The van der Waals surface area contributed by atoms with Crippen LogP contribution in [0.4, 0.5) is 5.69 Å². The maximum atomic E-state index is 12.0. The SMILES string of the molecule is CCC(C)N(CC)CC(=O)c1cc([N+](=O)[O-])c[nH]1. The van der Waals surface area contributed by atoms with Crippen LogP contribution in [-0.2, 0) is 0 Å². The van der Waals surface area contributed by atoms with E-state index in [-0.39, 0.29) is 18.0 Å². The van der Waals surface area contributed by atoms with Gasteiger partial charge in [0.05, 0.1) is 23.4 Å². The Hall–Kier alpha value is -1.69. The third-order valence-electron chi connectivity index (χ3n) is 3.15. The van der Waals surface area contributed by atoms with Crippen molar-refractivity contribution < 1.29 is 9.72 Å². The van der Waals surface area contributed by atoms with Crippen molar-refractivity contribution in [3.63, 3.8) is 0 Å². The zero-order valence-corrected chi connectivity index (χ0v) is 11.0. The highest BCUT2D eigenvalue weighted by atomic mass is 16.6. The summed E-state index contributed by atoms with van der Waals surface area (Å²) in [6, 6.07) is 1.61. The monoisotopic (exact) mass is 253 g/mol. The van der Waals surface area contributed by atoms with Crippen molar-refractivity contribution in [3.05, 3.63) is 28.1 Å². The fraction of sp³-hybridized carbons (Fsp3) is 0.583. The van der Waals surface area contributed by atoms with Crippen LogP contribution in [0.1, 0.15) is 37.7 Å². The van der Waals surface area contributed by atoms with Crippen LogP contribution >= 0.6 is 0 Å². The second kappa shape index (κ2) is 6.30. The highest BCUT2D eigenvalue weighted by Crippen LogP contribution is 2.13. The summed E-state index contributed by atoms with van der Waals surface area (Å²) in [5, 5.41) is 10.5. The maximum absolute atomic E-state index is 12.0. The summed E-state index contributed by atoms with van der Waals surface area (Å²) in [4.78, 5) is 26.7. The highest BCUT2D eigenvalue weighted by molar-refractivity contribution is 5.96. The third kappa shape index (κ3) is 3.40. The second-order valence-electron chi connectivity index (χ2n) is 4.27. The lowest BCUT2D eigenvalue weighted by Crippen LogP contribution is -2.36. The Kier molecular flexibility index (Phi) is 5.03. The van der Waals surface area contributed by atoms with Crippen molar-refractivity contribution in [2.24, 2.45) is 0 Å². The normalized spacial score (nSPS) is 12.7. The van der Waals surface area contributed by atoms with Gasteiger partial charge in [0.1, 0.15) is 0 Å². The smallest absolute Gasteiger partial charge is 0.287 e. The van der Waals surface area contributed by atoms with Crippen LogP contribution < -0.4 is 0 Å². The Balaban J connectivity index is 2.71. The number of aromatic nitrogens is 1. The Bertz CT molecular complexity index is 428. The van der Waals surface area contributed by atoms with E-state index in [1.54, 1.807) is 0 Å². The Morgan fingerprint density at radius 3 is 2.67 bits per heavy atom. The van der Waals surface area contributed by atoms with Crippen LogP contribution in [0.25, 0.3) is 0 Å². The lowest BCUT2D eigenvalue weighted by Gasteiger charge is -2.25. The molecule has 1 aromatic rings. The van der Waals surface area contributed by atoms with Gasteiger partial charge in [-0.1, -0.05) is 13.8 Å². The largest absolute Gasteiger partial charge is 0.353 e. The number of aromatic amines is 1. The van der Waals surface area contributed by atoms with E-state index in [1.807, 2.05) is 6.92 Å². The van der Waals surface area contributed by atoms with Crippen LogP contribution in [0.5, 0.6) is 0 Å². The van der Waals surface area contributed by atoms with Gasteiger partial charge in [0.2, 0.25) is 0 Å². The predicted molar refractivity (Wildman–Crippen MR) is 68.8 cm³/mol. The molecule has 1 N–H and O–H groups in total. The standard InChI is InChI=1S/C12H19N3O3/c1-4-9(3)14(5-2)8-12(16)11-6-10(7-13-11)15(17)18/h6-7,9,13H,4-5,8H2,1-3H3. The fourth-order valence-electron chi connectivity index (χ4n) is 1.76. The number of carbonyl (C=O) groups is 1. The van der Waals surface area contributed by atoms with E-state index in [2.05, 4.69) is 23.7 Å². The van der Waals surface area contributed by atoms with E-state index < -0.39 is 4.92 Å². The minimum atomic E-state index is -0.514. The number of H-pyrrole nitrogens is 1. The first kappa shape index (κ1) is 14.4. The van der Waals surface area contributed by atoms with Crippen molar-refractivity contribution in [2.75, 3.05) is 13.1 Å². The molecule has 0 aromatic carbocycles. The summed E-state index contributed by atoms with van der Waals surface area (Å²) in [5.41, 5.74) is 0.216. The molecule has 1 atom stereocenters. The number of likely N-dealkylation sites (N-methyl/N-ethyl adjacent to an activating group) is 1. The van der Waals surface area contributed by atoms with E-state index in [9.17, 15) is 14.9 Å². The van der Waals surface area contributed by atoms with Gasteiger partial charge in [-0.2, -0.15) is 0 Å². The molecule has 1 aromatic heterocycles. The summed E-state index contributed by atoms with van der Waals surface area (Å²) in [5.74, 6) is -0.120. The van der Waals surface area contributed by atoms with E-state index in [0.717, 1.165) is 13.0 Å². The minimum Gasteiger partial charge on any atom is -0.353 e. The molecule has 6 heteroatoms. The van der Waals surface area contributed by atoms with E-state index in [1.165, 1.54) is 12.3 Å². The molecule has 1 heterocycles. The Labute approximate surface area is 106 Å². The molecule has 0 bridgehead atoms. The summed E-state index contributed by atoms with van der Waals surface area (Å²) < 4.78 is 0. The lowest BCUT2D eigenvalue weighted by atomic mass is 10.2. The van der Waals surface area contributed by atoms with E-state index in [0.29, 0.717) is 11.7 Å². The first-order valence-corrected chi connectivity index (χ1v) is 6.09. The molecule has 1 rings (SSSR count). The summed E-state index contributed by atoms with van der Waals surface area (Å²) in [7, 11) is 0. The van der Waals surface area contributed by atoms with Crippen molar-refractivity contribution in [2.45, 2.75) is 33.2 Å². The van der Waals surface area contributed by atoms with Gasteiger partial charge in [-0.05, 0) is 19.9 Å². The molecule has 18 heavy (non-hydrogen) atoms. The molecular weight excluding hydrogens is 234 g/mol. The number of carbonyl (C=O) groups excluding carboxylic acids is 1. The second-order valence-corrected chi connectivity index (χ2v) is 4.27. The van der Waals surface area contributed by atoms with Crippen molar-refractivity contribution in [3.8, 4) is 0 Å². The van der Waals surface area contributed by atoms with Gasteiger partial charge >= 0.3 is 0 Å². The van der Waals surface area contributed by atoms with Gasteiger partial charge in [0.25, 0.3) is 5.69 Å². The van der Waals surface area contributed by atoms with Crippen LogP contribution in [-0.4, -0.2) is 39.7 Å². The van der Waals surface area contributed by atoms with E-state index in [4.69, 9.17) is 0 Å². The number of hydrogen-bond acceptors (Lipinski definition) is 4. The van der Waals surface area contributed by atoms with Gasteiger partial charge in [-0.3, -0.25) is 19.8 Å². The van der Waals surface area contributed by atoms with Crippen LogP contribution in [0.3, 0.4) is 0 Å². The summed E-state index contributed by atoms with van der Waals surface area (Å²) in [6.07, 6.45) is 2.21. The van der Waals surface area contributed by atoms with Crippen molar-refractivity contribution in [1.29, 1.82) is 0 Å². The molecule has 0 aliphatic rings.